The Morgan fingerprint density at radius 2 is 1.85 bits per heavy atom. The number of nitrogens with zero attached hydrogens (tertiary/aromatic N) is 4. The van der Waals surface area contributed by atoms with Crippen molar-refractivity contribution >= 4 is 11.6 Å². The van der Waals surface area contributed by atoms with Crippen LogP contribution in [0.2, 0.25) is 0 Å². The Hall–Kier alpha value is -3.28. The zero-order valence-electron chi connectivity index (χ0n) is 15.3. The number of carbonyl (C=O) groups excluding carboxylic acids is 1. The number of aryl methyl sites for hydroxylation is 1. The van der Waals surface area contributed by atoms with Crippen molar-refractivity contribution in [2.24, 2.45) is 0 Å². The molecule has 0 aliphatic carbocycles. The molecule has 0 spiro atoms. The largest absolute Gasteiger partial charge is 0.365 e. The molecule has 0 saturated heterocycles. The van der Waals surface area contributed by atoms with Crippen LogP contribution in [-0.4, -0.2) is 27.2 Å². The number of fused-ring (bicyclic) bond motifs is 1. The van der Waals surface area contributed by atoms with Gasteiger partial charge >= 0.3 is 5.69 Å². The molecular weight excluding hydrogens is 340 g/mol. The Morgan fingerprint density at radius 3 is 2.59 bits per heavy atom. The molecule has 27 heavy (non-hydrogen) atoms. The van der Waals surface area contributed by atoms with Gasteiger partial charge in [-0.1, -0.05) is 48.0 Å². The van der Waals surface area contributed by atoms with Gasteiger partial charge in [0.15, 0.2) is 0 Å². The third kappa shape index (κ3) is 3.14. The van der Waals surface area contributed by atoms with Crippen molar-refractivity contribution in [2.45, 2.75) is 26.3 Å². The minimum absolute atomic E-state index is 0.153. The first kappa shape index (κ1) is 17.1. The van der Waals surface area contributed by atoms with Gasteiger partial charge in [-0.15, -0.1) is 0 Å². The zero-order valence-corrected chi connectivity index (χ0v) is 15.3. The number of hydrogen-bond acceptors (Lipinski definition) is 4. The summed E-state index contributed by atoms with van der Waals surface area (Å²) in [4.78, 5) is 31.3. The van der Waals surface area contributed by atoms with Crippen LogP contribution in [-0.2, 0) is 11.2 Å². The lowest BCUT2D eigenvalue weighted by atomic mass is 10.1. The van der Waals surface area contributed by atoms with Gasteiger partial charge in [0.05, 0.1) is 11.9 Å². The molecule has 2 heterocycles. The minimum Gasteiger partial charge on any atom is -0.310 e. The second kappa shape index (κ2) is 6.79. The zero-order chi connectivity index (χ0) is 19.0. The summed E-state index contributed by atoms with van der Waals surface area (Å²) in [6.45, 7) is 4.30. The van der Waals surface area contributed by atoms with Crippen LogP contribution in [0.15, 0.2) is 59.5 Å². The highest BCUT2D eigenvalue weighted by Gasteiger charge is 2.29. The van der Waals surface area contributed by atoms with E-state index < -0.39 is 11.7 Å². The fourth-order valence-electron chi connectivity index (χ4n) is 3.38. The molecule has 0 unspecified atom stereocenters. The van der Waals surface area contributed by atoms with E-state index >= 15 is 0 Å². The normalized spacial score (nSPS) is 14.1. The van der Waals surface area contributed by atoms with Crippen molar-refractivity contribution in [2.75, 3.05) is 11.4 Å². The highest BCUT2D eigenvalue weighted by atomic mass is 16.2. The van der Waals surface area contributed by atoms with Crippen molar-refractivity contribution in [1.29, 1.82) is 0 Å². The maximum absolute atomic E-state index is 13.0. The lowest BCUT2D eigenvalue weighted by Gasteiger charge is -2.22. The van der Waals surface area contributed by atoms with E-state index in [1.54, 1.807) is 11.8 Å². The Bertz CT molecular complexity index is 1060. The van der Waals surface area contributed by atoms with E-state index in [2.05, 4.69) is 10.1 Å². The lowest BCUT2D eigenvalue weighted by molar-refractivity contribution is -0.121. The van der Waals surface area contributed by atoms with Gasteiger partial charge < -0.3 is 4.90 Å². The molecular formula is C21H20N4O2. The van der Waals surface area contributed by atoms with E-state index in [0.717, 1.165) is 33.5 Å². The molecule has 0 saturated carbocycles. The number of anilines is 1. The van der Waals surface area contributed by atoms with Crippen LogP contribution in [0.1, 0.15) is 24.1 Å². The summed E-state index contributed by atoms with van der Waals surface area (Å²) in [6.07, 6.45) is 2.36. The van der Waals surface area contributed by atoms with Gasteiger partial charge in [0.25, 0.3) is 5.91 Å². The number of aromatic nitrogens is 3. The predicted molar refractivity (Wildman–Crippen MR) is 104 cm³/mol. The average Bonchev–Trinajstić information content (AvgIpc) is 3.11. The number of benzene rings is 2. The first-order valence-electron chi connectivity index (χ1n) is 8.97. The fourth-order valence-corrected chi connectivity index (χ4v) is 3.38. The molecule has 6 nitrogen and oxygen atoms in total. The van der Waals surface area contributed by atoms with Crippen LogP contribution in [0.25, 0.3) is 11.3 Å². The first-order chi connectivity index (χ1) is 13.0. The molecule has 1 aromatic heterocycles. The molecule has 0 radical (unpaired) electrons. The maximum Gasteiger partial charge on any atom is 0.365 e. The smallest absolute Gasteiger partial charge is 0.310 e. The highest BCUT2D eigenvalue weighted by Crippen LogP contribution is 2.29. The number of rotatable bonds is 3. The summed E-state index contributed by atoms with van der Waals surface area (Å²) in [5, 5.41) is 4.22. The molecule has 4 rings (SSSR count). The average molecular weight is 360 g/mol. The Balaban J connectivity index is 1.61. The topological polar surface area (TPSA) is 68.1 Å². The first-order valence-corrected chi connectivity index (χ1v) is 8.97. The number of hydrogen-bond donors (Lipinski definition) is 0. The van der Waals surface area contributed by atoms with Crippen molar-refractivity contribution < 1.29 is 4.79 Å². The lowest BCUT2D eigenvalue weighted by Crippen LogP contribution is -2.40. The number of carbonyl (C=O) groups is 1. The van der Waals surface area contributed by atoms with Crippen molar-refractivity contribution in [3.05, 3.63) is 76.3 Å². The van der Waals surface area contributed by atoms with E-state index in [4.69, 9.17) is 0 Å². The maximum atomic E-state index is 13.0. The molecule has 0 N–H and O–H groups in total. The molecule has 6 heteroatoms. The predicted octanol–water partition coefficient (Wildman–Crippen LogP) is 2.76. The fraction of sp³-hybridized carbons (Fsp3) is 0.238. The van der Waals surface area contributed by atoms with Crippen LogP contribution < -0.4 is 10.6 Å². The van der Waals surface area contributed by atoms with Gasteiger partial charge in [0, 0.05) is 17.8 Å². The van der Waals surface area contributed by atoms with Crippen LogP contribution in [0.5, 0.6) is 0 Å². The number of amides is 1. The SMILES string of the molecule is Cc1ccc(-c2cnn([C@@H](C)C(=O)N3CCc4ccccc43)c(=O)n2)cc1. The Kier molecular flexibility index (Phi) is 4.32. The van der Waals surface area contributed by atoms with Gasteiger partial charge in [-0.3, -0.25) is 4.79 Å². The second-order valence-electron chi connectivity index (χ2n) is 6.78. The summed E-state index contributed by atoms with van der Waals surface area (Å²) in [7, 11) is 0. The van der Waals surface area contributed by atoms with E-state index in [9.17, 15) is 9.59 Å². The van der Waals surface area contributed by atoms with E-state index in [1.165, 1.54) is 6.20 Å². The Morgan fingerprint density at radius 1 is 1.11 bits per heavy atom. The Labute approximate surface area is 157 Å². The quantitative estimate of drug-likeness (QED) is 0.720. The second-order valence-corrected chi connectivity index (χ2v) is 6.78. The molecule has 1 atom stereocenters. The summed E-state index contributed by atoms with van der Waals surface area (Å²) in [5.41, 5.74) is 3.98. The molecule has 136 valence electrons. The summed E-state index contributed by atoms with van der Waals surface area (Å²) in [5.74, 6) is -0.153. The monoisotopic (exact) mass is 360 g/mol. The minimum atomic E-state index is -0.719. The van der Waals surface area contributed by atoms with Gasteiger partial charge in [-0.2, -0.15) is 10.1 Å². The van der Waals surface area contributed by atoms with E-state index in [-0.39, 0.29) is 5.91 Å². The summed E-state index contributed by atoms with van der Waals surface area (Å²) < 4.78 is 1.15. The van der Waals surface area contributed by atoms with Gasteiger partial charge in [0.2, 0.25) is 0 Å². The van der Waals surface area contributed by atoms with Crippen LogP contribution in [0, 0.1) is 6.92 Å². The van der Waals surface area contributed by atoms with Gasteiger partial charge in [-0.05, 0) is 31.9 Å². The van der Waals surface area contributed by atoms with Crippen LogP contribution >= 0.6 is 0 Å². The summed E-state index contributed by atoms with van der Waals surface area (Å²) in [6, 6.07) is 14.8. The molecule has 0 fully saturated rings. The van der Waals surface area contributed by atoms with Gasteiger partial charge in [-0.25, -0.2) is 9.48 Å². The molecule has 2 aromatic carbocycles. The van der Waals surface area contributed by atoms with Crippen LogP contribution in [0.4, 0.5) is 5.69 Å². The highest BCUT2D eigenvalue weighted by molar-refractivity contribution is 5.97. The molecule has 1 aliphatic rings. The molecule has 1 aliphatic heterocycles. The van der Waals surface area contributed by atoms with Crippen molar-refractivity contribution in [1.82, 2.24) is 14.8 Å². The van der Waals surface area contributed by atoms with Crippen molar-refractivity contribution in [3.63, 3.8) is 0 Å². The number of para-hydroxylation sites is 1. The van der Waals surface area contributed by atoms with Gasteiger partial charge in [0.1, 0.15) is 6.04 Å². The summed E-state index contributed by atoms with van der Waals surface area (Å²) >= 11 is 0. The van der Waals surface area contributed by atoms with E-state index in [1.807, 2.05) is 55.5 Å². The molecule has 1 amide bonds. The van der Waals surface area contributed by atoms with Crippen molar-refractivity contribution in [3.8, 4) is 11.3 Å². The van der Waals surface area contributed by atoms with Crippen LogP contribution in [0.3, 0.4) is 0 Å². The molecule has 3 aromatic rings. The standard InChI is InChI=1S/C21H20N4O2/c1-14-7-9-16(10-8-14)18-13-22-25(21(27)23-18)15(2)20(26)24-12-11-17-5-3-4-6-19(17)24/h3-10,13,15H,11-12H2,1-2H3/t15-/m0/s1. The third-order valence-electron chi connectivity index (χ3n) is 4.94. The van der Waals surface area contributed by atoms with E-state index in [0.29, 0.717) is 12.2 Å². The third-order valence-corrected chi connectivity index (χ3v) is 4.94. The molecule has 0 bridgehead atoms.